The van der Waals surface area contributed by atoms with E-state index in [4.69, 9.17) is 0 Å². The van der Waals surface area contributed by atoms with E-state index in [1.807, 2.05) is 18.4 Å². The van der Waals surface area contributed by atoms with Crippen molar-refractivity contribution in [1.82, 2.24) is 9.78 Å². The third-order valence-electron chi connectivity index (χ3n) is 5.00. The van der Waals surface area contributed by atoms with Crippen LogP contribution in [0.1, 0.15) is 12.5 Å². The van der Waals surface area contributed by atoms with Crippen molar-refractivity contribution in [2.24, 2.45) is 0 Å². The second kappa shape index (κ2) is 8.20. The second-order valence-corrected chi connectivity index (χ2v) is 9.97. The summed E-state index contributed by atoms with van der Waals surface area (Å²) >= 11 is 1.43. The minimum absolute atomic E-state index is 0.187. The van der Waals surface area contributed by atoms with Gasteiger partial charge in [-0.2, -0.15) is 9.78 Å². The molecule has 0 amide bonds. The molecule has 0 N–H and O–H groups in total. The molecule has 8 heteroatoms. The average molecular weight is 455 g/mol. The summed E-state index contributed by atoms with van der Waals surface area (Å²) in [5.74, 6) is -0.399. The Balaban J connectivity index is 1.96. The Morgan fingerprint density at radius 1 is 1.00 bits per heavy atom. The minimum Gasteiger partial charge on any atom is -0.267 e. The van der Waals surface area contributed by atoms with Crippen molar-refractivity contribution in [3.8, 4) is 27.3 Å². The molecule has 0 unspecified atom stereocenters. The number of hydrogen-bond acceptors (Lipinski definition) is 5. The first-order valence-corrected chi connectivity index (χ1v) is 12.3. The maximum atomic E-state index is 13.6. The first-order chi connectivity index (χ1) is 14.8. The summed E-state index contributed by atoms with van der Waals surface area (Å²) < 4.78 is 38.5. The maximum Gasteiger partial charge on any atom is 0.280 e. The van der Waals surface area contributed by atoms with Gasteiger partial charge in [-0.15, -0.1) is 11.3 Å². The van der Waals surface area contributed by atoms with Gasteiger partial charge in [0.2, 0.25) is 0 Å². The zero-order valence-electron chi connectivity index (χ0n) is 16.9. The molecular formula is C23H19FN2O3S2. The fourth-order valence-corrected chi connectivity index (χ4v) is 4.96. The predicted molar refractivity (Wildman–Crippen MR) is 121 cm³/mol. The van der Waals surface area contributed by atoms with Crippen LogP contribution in [0.25, 0.3) is 27.3 Å². The molecule has 158 valence electrons. The summed E-state index contributed by atoms with van der Waals surface area (Å²) in [6.45, 7) is 2.01. The van der Waals surface area contributed by atoms with Crippen molar-refractivity contribution in [3.05, 3.63) is 87.9 Å². The molecule has 0 aliphatic carbocycles. The van der Waals surface area contributed by atoms with Crippen LogP contribution in [0.15, 0.2) is 75.9 Å². The van der Waals surface area contributed by atoms with E-state index in [0.717, 1.165) is 23.2 Å². The number of rotatable bonds is 5. The highest BCUT2D eigenvalue weighted by molar-refractivity contribution is 7.90. The van der Waals surface area contributed by atoms with E-state index in [-0.39, 0.29) is 10.5 Å². The fraction of sp³-hybridized carbons (Fsp3) is 0.130. The number of aryl methyl sites for hydroxylation is 1. The third-order valence-corrected chi connectivity index (χ3v) is 7.06. The van der Waals surface area contributed by atoms with Crippen molar-refractivity contribution in [2.75, 3.05) is 6.26 Å². The van der Waals surface area contributed by atoms with E-state index in [1.165, 1.54) is 40.3 Å². The molecule has 0 aliphatic rings. The fourth-order valence-electron chi connectivity index (χ4n) is 3.38. The van der Waals surface area contributed by atoms with E-state index in [1.54, 1.807) is 30.5 Å². The van der Waals surface area contributed by atoms with Crippen LogP contribution in [0.5, 0.6) is 0 Å². The molecule has 0 spiro atoms. The van der Waals surface area contributed by atoms with Gasteiger partial charge < -0.3 is 0 Å². The zero-order chi connectivity index (χ0) is 22.2. The third kappa shape index (κ3) is 4.08. The lowest BCUT2D eigenvalue weighted by atomic mass is 9.97. The van der Waals surface area contributed by atoms with Gasteiger partial charge in [0.15, 0.2) is 9.84 Å². The molecule has 4 aromatic rings. The van der Waals surface area contributed by atoms with Crippen molar-refractivity contribution >= 4 is 21.2 Å². The van der Waals surface area contributed by atoms with E-state index in [9.17, 15) is 17.6 Å². The van der Waals surface area contributed by atoms with Gasteiger partial charge in [-0.1, -0.05) is 31.2 Å². The molecule has 2 aromatic heterocycles. The SMILES string of the molecule is CCc1ccsc1-n1ncc(-c2ccc(S(C)(=O)=O)cc2)c(-c2ccc(F)cc2)c1=O. The Bertz CT molecular complexity index is 1400. The Kier molecular flexibility index (Phi) is 5.60. The van der Waals surface area contributed by atoms with Crippen LogP contribution in [-0.4, -0.2) is 24.5 Å². The predicted octanol–water partition coefficient (Wildman–Crippen LogP) is 4.73. The summed E-state index contributed by atoms with van der Waals surface area (Å²) in [7, 11) is -3.34. The topological polar surface area (TPSA) is 69.0 Å². The molecular weight excluding hydrogens is 435 g/mol. The molecule has 0 fully saturated rings. The molecule has 0 radical (unpaired) electrons. The number of halogens is 1. The first-order valence-electron chi connectivity index (χ1n) is 9.55. The van der Waals surface area contributed by atoms with Crippen LogP contribution in [-0.2, 0) is 16.3 Å². The maximum absolute atomic E-state index is 13.6. The minimum atomic E-state index is -3.34. The number of hydrogen-bond donors (Lipinski definition) is 0. The number of thiophene rings is 1. The van der Waals surface area contributed by atoms with E-state index in [2.05, 4.69) is 5.10 Å². The molecule has 0 bridgehead atoms. The van der Waals surface area contributed by atoms with E-state index < -0.39 is 15.7 Å². The summed E-state index contributed by atoms with van der Waals surface area (Å²) in [5, 5.41) is 7.06. The van der Waals surface area contributed by atoms with Gasteiger partial charge in [0.05, 0.1) is 16.7 Å². The van der Waals surface area contributed by atoms with Crippen LogP contribution < -0.4 is 5.56 Å². The molecule has 4 rings (SSSR count). The lowest BCUT2D eigenvalue weighted by Crippen LogP contribution is -2.23. The highest BCUT2D eigenvalue weighted by Gasteiger charge is 2.18. The van der Waals surface area contributed by atoms with E-state index in [0.29, 0.717) is 22.3 Å². The van der Waals surface area contributed by atoms with Crippen LogP contribution in [0, 0.1) is 5.82 Å². The molecule has 2 heterocycles. The van der Waals surface area contributed by atoms with Gasteiger partial charge >= 0.3 is 0 Å². The number of sulfone groups is 1. The second-order valence-electron chi connectivity index (χ2n) is 7.06. The smallest absolute Gasteiger partial charge is 0.267 e. The summed E-state index contributed by atoms with van der Waals surface area (Å²) in [5.41, 5.74) is 2.80. The van der Waals surface area contributed by atoms with Crippen molar-refractivity contribution in [3.63, 3.8) is 0 Å². The molecule has 31 heavy (non-hydrogen) atoms. The first kappa shape index (κ1) is 21.1. The van der Waals surface area contributed by atoms with Crippen LogP contribution in [0.2, 0.25) is 0 Å². The van der Waals surface area contributed by atoms with Crippen molar-refractivity contribution in [1.29, 1.82) is 0 Å². The monoisotopic (exact) mass is 454 g/mol. The zero-order valence-corrected chi connectivity index (χ0v) is 18.5. The summed E-state index contributed by atoms with van der Waals surface area (Å²) in [6.07, 6.45) is 3.49. The highest BCUT2D eigenvalue weighted by Crippen LogP contribution is 2.31. The van der Waals surface area contributed by atoms with Gasteiger partial charge in [-0.05, 0) is 58.8 Å². The largest absolute Gasteiger partial charge is 0.280 e. The Labute approximate surface area is 183 Å². The number of aromatic nitrogens is 2. The molecule has 5 nitrogen and oxygen atoms in total. The highest BCUT2D eigenvalue weighted by atomic mass is 32.2. The van der Waals surface area contributed by atoms with Crippen LogP contribution in [0.4, 0.5) is 4.39 Å². The van der Waals surface area contributed by atoms with Crippen LogP contribution in [0.3, 0.4) is 0 Å². The summed E-state index contributed by atoms with van der Waals surface area (Å²) in [4.78, 5) is 13.7. The number of nitrogens with zero attached hydrogens (tertiary/aromatic N) is 2. The van der Waals surface area contributed by atoms with Crippen LogP contribution >= 0.6 is 11.3 Å². The molecule has 0 aliphatic heterocycles. The lowest BCUT2D eigenvalue weighted by Gasteiger charge is -2.13. The molecule has 0 atom stereocenters. The molecule has 0 saturated heterocycles. The average Bonchev–Trinajstić information content (AvgIpc) is 3.22. The van der Waals surface area contributed by atoms with Gasteiger partial charge in [0.25, 0.3) is 5.56 Å². The summed E-state index contributed by atoms with van der Waals surface area (Å²) in [6, 6.07) is 14.0. The van der Waals surface area contributed by atoms with Gasteiger partial charge in [-0.3, -0.25) is 4.79 Å². The Hall–Kier alpha value is -3.10. The Morgan fingerprint density at radius 3 is 2.26 bits per heavy atom. The normalized spacial score (nSPS) is 11.6. The van der Waals surface area contributed by atoms with Crippen molar-refractivity contribution in [2.45, 2.75) is 18.2 Å². The quantitative estimate of drug-likeness (QED) is 0.437. The van der Waals surface area contributed by atoms with E-state index >= 15 is 0 Å². The van der Waals surface area contributed by atoms with Crippen molar-refractivity contribution < 1.29 is 12.8 Å². The molecule has 0 saturated carbocycles. The van der Waals surface area contributed by atoms with Gasteiger partial charge in [0, 0.05) is 11.8 Å². The van der Waals surface area contributed by atoms with Gasteiger partial charge in [0.1, 0.15) is 10.8 Å². The standard InChI is InChI=1S/C23H19FN2O3S2/c1-3-15-12-13-30-23(15)26-22(27)21(17-4-8-18(24)9-5-17)20(14-25-26)16-6-10-19(11-7-16)31(2,28)29/h4-14H,3H2,1-2H3. The number of benzene rings is 2. The Morgan fingerprint density at radius 2 is 1.65 bits per heavy atom. The molecule has 2 aromatic carbocycles. The lowest BCUT2D eigenvalue weighted by molar-refractivity contribution is 0.602. The van der Waals surface area contributed by atoms with Gasteiger partial charge in [-0.25, -0.2) is 12.8 Å².